The highest BCUT2D eigenvalue weighted by Crippen LogP contribution is 2.23. The van der Waals surface area contributed by atoms with Gasteiger partial charge in [0.1, 0.15) is 11.5 Å². The topological polar surface area (TPSA) is 69.7 Å². The van der Waals surface area contributed by atoms with Gasteiger partial charge >= 0.3 is 5.97 Å². The molecule has 0 fully saturated rings. The van der Waals surface area contributed by atoms with Crippen molar-refractivity contribution in [3.05, 3.63) is 42.0 Å². The van der Waals surface area contributed by atoms with Gasteiger partial charge < -0.3 is 9.47 Å². The molecule has 1 aromatic carbocycles. The zero-order valence-corrected chi connectivity index (χ0v) is 20.4. The molecular formula is C27H40O5. The van der Waals surface area contributed by atoms with E-state index in [9.17, 15) is 14.4 Å². The van der Waals surface area contributed by atoms with Crippen molar-refractivity contribution in [3.8, 4) is 0 Å². The van der Waals surface area contributed by atoms with E-state index in [1.165, 1.54) is 0 Å². The molecule has 0 heterocycles. The van der Waals surface area contributed by atoms with E-state index >= 15 is 0 Å². The van der Waals surface area contributed by atoms with Crippen LogP contribution in [0, 0.1) is 17.8 Å². The highest BCUT2D eigenvalue weighted by molar-refractivity contribution is 6.00. The average Bonchev–Trinajstić information content (AvgIpc) is 2.73. The van der Waals surface area contributed by atoms with E-state index in [0.29, 0.717) is 74.5 Å². The van der Waals surface area contributed by atoms with Crippen LogP contribution in [0.5, 0.6) is 0 Å². The number of carbonyl (C=O) groups is 3. The fourth-order valence-corrected chi connectivity index (χ4v) is 3.24. The van der Waals surface area contributed by atoms with E-state index in [1.807, 2.05) is 52.8 Å². The van der Waals surface area contributed by atoms with E-state index in [-0.39, 0.29) is 29.4 Å². The first-order chi connectivity index (χ1) is 15.1. The maximum absolute atomic E-state index is 12.5. The van der Waals surface area contributed by atoms with Crippen molar-refractivity contribution >= 4 is 23.3 Å². The lowest BCUT2D eigenvalue weighted by Crippen LogP contribution is -2.13. The highest BCUT2D eigenvalue weighted by atomic mass is 16.5. The summed E-state index contributed by atoms with van der Waals surface area (Å²) in [5, 5.41) is 0. The lowest BCUT2D eigenvalue weighted by molar-refractivity contribution is -0.145. The zero-order valence-electron chi connectivity index (χ0n) is 20.4. The normalized spacial score (nSPS) is 12.0. The van der Waals surface area contributed by atoms with Gasteiger partial charge in [0.15, 0.2) is 5.78 Å². The van der Waals surface area contributed by atoms with E-state index in [0.717, 1.165) is 0 Å². The molecule has 0 aliphatic heterocycles. The van der Waals surface area contributed by atoms with Crippen LogP contribution in [0.3, 0.4) is 0 Å². The first kappa shape index (κ1) is 27.6. The number of hydrogen-bond donors (Lipinski definition) is 0. The van der Waals surface area contributed by atoms with Gasteiger partial charge in [-0.05, 0) is 30.6 Å². The number of ether oxygens (including phenoxy) is 2. The second kappa shape index (κ2) is 14.6. The molecule has 0 spiro atoms. The monoisotopic (exact) mass is 444 g/mol. The third kappa shape index (κ3) is 11.3. The molecule has 178 valence electrons. The molecule has 0 saturated heterocycles. The Balaban J connectivity index is 2.38. The number of esters is 1. The minimum absolute atomic E-state index is 0.0359. The molecule has 0 radical (unpaired) electrons. The number of ketones is 2. The Morgan fingerprint density at radius 2 is 1.44 bits per heavy atom. The summed E-state index contributed by atoms with van der Waals surface area (Å²) in [7, 11) is 0. The van der Waals surface area contributed by atoms with Crippen molar-refractivity contribution in [2.24, 2.45) is 17.8 Å². The zero-order chi connectivity index (χ0) is 24.1. The summed E-state index contributed by atoms with van der Waals surface area (Å²) in [6.45, 7) is 14.8. The Hall–Kier alpha value is -2.43. The summed E-state index contributed by atoms with van der Waals surface area (Å²) in [5.41, 5.74) is 1.34. The predicted molar refractivity (Wildman–Crippen MR) is 128 cm³/mol. The quantitative estimate of drug-likeness (QED) is 0.130. The Morgan fingerprint density at radius 3 is 2.06 bits per heavy atom. The van der Waals surface area contributed by atoms with Gasteiger partial charge in [-0.15, -0.1) is 0 Å². The average molecular weight is 445 g/mol. The maximum atomic E-state index is 12.5. The molecule has 0 amide bonds. The molecule has 5 heteroatoms. The van der Waals surface area contributed by atoms with Crippen LogP contribution in [-0.4, -0.2) is 30.7 Å². The standard InChI is InChI=1S/C27H40O5/c1-19(2)15-26(29)25-13-9-8-12-24(25)22(6)31-18-21(5)16-23(28)11-7-10-14-27(30)32-17-20(3)4/h8-9,12-13,19-21H,6-7,10-11,14-18H2,1-5H3. The maximum Gasteiger partial charge on any atom is 0.305 e. The van der Waals surface area contributed by atoms with E-state index < -0.39 is 0 Å². The van der Waals surface area contributed by atoms with Crippen molar-refractivity contribution in [2.45, 2.75) is 73.1 Å². The van der Waals surface area contributed by atoms with Crippen LogP contribution in [0.2, 0.25) is 0 Å². The molecule has 0 N–H and O–H groups in total. The van der Waals surface area contributed by atoms with Crippen LogP contribution < -0.4 is 0 Å². The van der Waals surface area contributed by atoms with Gasteiger partial charge in [0.2, 0.25) is 0 Å². The summed E-state index contributed by atoms with van der Waals surface area (Å²) in [6.07, 6.45) is 3.04. The van der Waals surface area contributed by atoms with Crippen molar-refractivity contribution < 1.29 is 23.9 Å². The number of benzene rings is 1. The van der Waals surface area contributed by atoms with Crippen molar-refractivity contribution in [1.29, 1.82) is 0 Å². The van der Waals surface area contributed by atoms with Crippen LogP contribution in [0.1, 0.15) is 89.1 Å². The van der Waals surface area contributed by atoms with Crippen LogP contribution in [0.4, 0.5) is 0 Å². The molecule has 0 bridgehead atoms. The predicted octanol–water partition coefficient (Wildman–Crippen LogP) is 6.26. The fraction of sp³-hybridized carbons (Fsp3) is 0.593. The first-order valence-electron chi connectivity index (χ1n) is 11.7. The summed E-state index contributed by atoms with van der Waals surface area (Å²) >= 11 is 0. The van der Waals surface area contributed by atoms with Gasteiger partial charge in [-0.25, -0.2) is 0 Å². The van der Waals surface area contributed by atoms with E-state index in [4.69, 9.17) is 9.47 Å². The molecule has 0 aromatic heterocycles. The SMILES string of the molecule is C=C(OCC(C)CC(=O)CCCCC(=O)OCC(C)C)c1ccccc1C(=O)CC(C)C. The van der Waals surface area contributed by atoms with Crippen LogP contribution in [0.15, 0.2) is 30.8 Å². The van der Waals surface area contributed by atoms with Crippen LogP contribution >= 0.6 is 0 Å². The van der Waals surface area contributed by atoms with Gasteiger partial charge in [-0.2, -0.15) is 0 Å². The highest BCUT2D eigenvalue weighted by Gasteiger charge is 2.16. The molecule has 1 rings (SSSR count). The Kier molecular flexibility index (Phi) is 12.6. The summed E-state index contributed by atoms with van der Waals surface area (Å²) in [6, 6.07) is 7.36. The van der Waals surface area contributed by atoms with Crippen LogP contribution in [0.25, 0.3) is 5.76 Å². The number of carbonyl (C=O) groups excluding carboxylic acids is 3. The van der Waals surface area contributed by atoms with Gasteiger partial charge in [0, 0.05) is 36.8 Å². The number of hydrogen-bond acceptors (Lipinski definition) is 5. The Bertz CT molecular complexity index is 763. The lowest BCUT2D eigenvalue weighted by atomic mass is 9.96. The van der Waals surface area contributed by atoms with Gasteiger partial charge in [0.05, 0.1) is 13.2 Å². The molecule has 1 aromatic rings. The fourth-order valence-electron chi connectivity index (χ4n) is 3.24. The number of rotatable bonds is 16. The van der Waals surface area contributed by atoms with E-state index in [2.05, 4.69) is 6.58 Å². The largest absolute Gasteiger partial charge is 0.493 e. The number of unbranched alkanes of at least 4 members (excludes halogenated alkanes) is 1. The van der Waals surface area contributed by atoms with Gasteiger partial charge in [-0.3, -0.25) is 14.4 Å². The summed E-state index contributed by atoms with van der Waals surface area (Å²) in [4.78, 5) is 36.4. The van der Waals surface area contributed by atoms with Crippen molar-refractivity contribution in [2.75, 3.05) is 13.2 Å². The van der Waals surface area contributed by atoms with Crippen LogP contribution in [-0.2, 0) is 19.1 Å². The molecule has 0 aliphatic carbocycles. The minimum Gasteiger partial charge on any atom is -0.493 e. The van der Waals surface area contributed by atoms with E-state index in [1.54, 1.807) is 6.07 Å². The van der Waals surface area contributed by atoms with Gasteiger partial charge in [0.25, 0.3) is 0 Å². The summed E-state index contributed by atoms with van der Waals surface area (Å²) in [5.74, 6) is 1.14. The third-order valence-corrected chi connectivity index (χ3v) is 4.90. The molecule has 0 saturated carbocycles. The van der Waals surface area contributed by atoms with Crippen molar-refractivity contribution in [3.63, 3.8) is 0 Å². The Morgan fingerprint density at radius 1 is 0.812 bits per heavy atom. The summed E-state index contributed by atoms with van der Waals surface area (Å²) < 4.78 is 11.0. The lowest BCUT2D eigenvalue weighted by Gasteiger charge is -2.16. The molecule has 0 aliphatic rings. The minimum atomic E-state index is -0.196. The third-order valence-electron chi connectivity index (χ3n) is 4.90. The molecule has 1 atom stereocenters. The van der Waals surface area contributed by atoms with Gasteiger partial charge in [-0.1, -0.05) is 65.5 Å². The first-order valence-corrected chi connectivity index (χ1v) is 11.7. The smallest absolute Gasteiger partial charge is 0.305 e. The molecule has 1 unspecified atom stereocenters. The number of Topliss-reactive ketones (excluding diaryl/α,β-unsaturated/α-hetero) is 2. The second-order valence-corrected chi connectivity index (χ2v) is 9.43. The second-order valence-electron chi connectivity index (χ2n) is 9.43. The Labute approximate surface area is 193 Å². The molecule has 5 nitrogen and oxygen atoms in total. The van der Waals surface area contributed by atoms with Crippen molar-refractivity contribution in [1.82, 2.24) is 0 Å². The molecule has 32 heavy (non-hydrogen) atoms. The molecular weight excluding hydrogens is 404 g/mol.